The molecule has 30 heavy (non-hydrogen) atoms. The SMILES string of the molecule is CCC(C)c1ccc(NC(=O)CSc2nnc(N/N=C/c3ccc(C)o3)n2N)cc1. The Kier molecular flexibility index (Phi) is 7.12. The second kappa shape index (κ2) is 9.97. The van der Waals surface area contributed by atoms with E-state index in [1.165, 1.54) is 28.2 Å². The van der Waals surface area contributed by atoms with Crippen LogP contribution in [0.25, 0.3) is 0 Å². The van der Waals surface area contributed by atoms with E-state index in [2.05, 4.69) is 39.9 Å². The van der Waals surface area contributed by atoms with Crippen molar-refractivity contribution in [2.45, 2.75) is 38.3 Å². The van der Waals surface area contributed by atoms with Crippen molar-refractivity contribution in [3.05, 3.63) is 53.5 Å². The summed E-state index contributed by atoms with van der Waals surface area (Å²) < 4.78 is 6.62. The fourth-order valence-corrected chi connectivity index (χ4v) is 3.24. The molecular formula is C20H25N7O2S. The summed E-state index contributed by atoms with van der Waals surface area (Å²) in [7, 11) is 0. The average Bonchev–Trinajstić information content (AvgIpc) is 3.32. The van der Waals surface area contributed by atoms with Crippen LogP contribution >= 0.6 is 11.8 Å². The maximum Gasteiger partial charge on any atom is 0.264 e. The van der Waals surface area contributed by atoms with Crippen molar-refractivity contribution in [3.8, 4) is 0 Å². The molecule has 0 aliphatic heterocycles. The highest BCUT2D eigenvalue weighted by Gasteiger charge is 2.12. The van der Waals surface area contributed by atoms with Crippen LogP contribution in [0.2, 0.25) is 0 Å². The molecule has 3 aromatic rings. The van der Waals surface area contributed by atoms with Crippen molar-refractivity contribution in [2.75, 3.05) is 22.3 Å². The molecule has 0 aliphatic rings. The van der Waals surface area contributed by atoms with Crippen molar-refractivity contribution in [2.24, 2.45) is 5.10 Å². The third kappa shape index (κ3) is 5.63. The van der Waals surface area contributed by atoms with Gasteiger partial charge in [0.2, 0.25) is 11.1 Å². The minimum absolute atomic E-state index is 0.150. The molecule has 9 nitrogen and oxygen atoms in total. The highest BCUT2D eigenvalue weighted by molar-refractivity contribution is 7.99. The first-order valence-corrected chi connectivity index (χ1v) is 10.5. The van der Waals surface area contributed by atoms with Crippen LogP contribution in [0.1, 0.15) is 43.3 Å². The highest BCUT2D eigenvalue weighted by Crippen LogP contribution is 2.21. The number of hydrogen-bond acceptors (Lipinski definition) is 8. The number of carbonyl (C=O) groups excluding carboxylic acids is 1. The smallest absolute Gasteiger partial charge is 0.264 e. The summed E-state index contributed by atoms with van der Waals surface area (Å²) >= 11 is 1.18. The fourth-order valence-electron chi connectivity index (χ4n) is 2.59. The Labute approximate surface area is 179 Å². The van der Waals surface area contributed by atoms with Crippen LogP contribution in [0, 0.1) is 6.92 Å². The third-order valence-corrected chi connectivity index (χ3v) is 5.43. The third-order valence-electron chi connectivity index (χ3n) is 4.49. The van der Waals surface area contributed by atoms with Crippen LogP contribution in [0.5, 0.6) is 0 Å². The van der Waals surface area contributed by atoms with E-state index in [-0.39, 0.29) is 17.6 Å². The minimum atomic E-state index is -0.153. The molecule has 0 saturated carbocycles. The van der Waals surface area contributed by atoms with Crippen LogP contribution in [0.4, 0.5) is 11.6 Å². The average molecular weight is 428 g/mol. The lowest BCUT2D eigenvalue weighted by Gasteiger charge is -2.10. The number of aromatic nitrogens is 3. The van der Waals surface area contributed by atoms with Gasteiger partial charge >= 0.3 is 0 Å². The monoisotopic (exact) mass is 427 g/mol. The topological polar surface area (TPSA) is 123 Å². The first-order valence-electron chi connectivity index (χ1n) is 9.55. The summed E-state index contributed by atoms with van der Waals surface area (Å²) in [5, 5.41) is 15.2. The van der Waals surface area contributed by atoms with Gasteiger partial charge < -0.3 is 15.6 Å². The number of aryl methyl sites for hydroxylation is 1. The van der Waals surface area contributed by atoms with Gasteiger partial charge in [-0.05, 0) is 49.1 Å². The molecule has 1 aromatic carbocycles. The van der Waals surface area contributed by atoms with E-state index >= 15 is 0 Å². The predicted molar refractivity (Wildman–Crippen MR) is 119 cm³/mol. The van der Waals surface area contributed by atoms with Crippen molar-refractivity contribution in [3.63, 3.8) is 0 Å². The van der Waals surface area contributed by atoms with E-state index in [1.54, 1.807) is 6.07 Å². The Morgan fingerprint density at radius 1 is 1.30 bits per heavy atom. The molecule has 1 atom stereocenters. The number of furan rings is 1. The van der Waals surface area contributed by atoms with Crippen molar-refractivity contribution in [1.29, 1.82) is 0 Å². The molecule has 2 aromatic heterocycles. The molecule has 158 valence electrons. The first kappa shape index (κ1) is 21.4. The summed E-state index contributed by atoms with van der Waals surface area (Å²) in [5.74, 6) is 8.10. The van der Waals surface area contributed by atoms with Crippen LogP contribution in [-0.4, -0.2) is 32.7 Å². The van der Waals surface area contributed by atoms with Gasteiger partial charge in [-0.15, -0.1) is 10.2 Å². The fraction of sp³-hybridized carbons (Fsp3) is 0.300. The minimum Gasteiger partial charge on any atom is -0.460 e. The Balaban J connectivity index is 1.49. The van der Waals surface area contributed by atoms with Gasteiger partial charge in [-0.25, -0.2) is 10.1 Å². The van der Waals surface area contributed by atoms with Gasteiger partial charge in [0.15, 0.2) is 0 Å². The maximum atomic E-state index is 12.2. The zero-order valence-electron chi connectivity index (χ0n) is 17.1. The molecule has 2 heterocycles. The van der Waals surface area contributed by atoms with Gasteiger partial charge in [0.05, 0.1) is 12.0 Å². The summed E-state index contributed by atoms with van der Waals surface area (Å²) in [6.07, 6.45) is 2.58. The number of nitrogens with zero attached hydrogens (tertiary/aromatic N) is 4. The number of nitrogens with one attached hydrogen (secondary N) is 2. The normalized spacial score (nSPS) is 12.2. The van der Waals surface area contributed by atoms with Gasteiger partial charge in [0.25, 0.3) is 5.95 Å². The lowest BCUT2D eigenvalue weighted by atomic mass is 9.99. The molecule has 0 fully saturated rings. The number of rotatable bonds is 9. The number of nitrogens with two attached hydrogens (primary N) is 1. The van der Waals surface area contributed by atoms with E-state index < -0.39 is 0 Å². The van der Waals surface area contributed by atoms with Crippen LogP contribution in [-0.2, 0) is 4.79 Å². The molecular weight excluding hydrogens is 402 g/mol. The Bertz CT molecular complexity index is 1010. The van der Waals surface area contributed by atoms with E-state index in [4.69, 9.17) is 10.3 Å². The quantitative estimate of drug-likeness (QED) is 0.206. The second-order valence-electron chi connectivity index (χ2n) is 6.76. The van der Waals surface area contributed by atoms with E-state index in [0.29, 0.717) is 16.8 Å². The lowest BCUT2D eigenvalue weighted by molar-refractivity contribution is -0.113. The van der Waals surface area contributed by atoms with E-state index in [1.807, 2.05) is 37.3 Å². The van der Waals surface area contributed by atoms with E-state index in [0.717, 1.165) is 17.9 Å². The van der Waals surface area contributed by atoms with Crippen molar-refractivity contribution in [1.82, 2.24) is 14.9 Å². The first-order chi connectivity index (χ1) is 14.5. The molecule has 0 saturated heterocycles. The molecule has 4 N–H and O–H groups in total. The number of hydrogen-bond donors (Lipinski definition) is 3. The number of benzene rings is 1. The van der Waals surface area contributed by atoms with Gasteiger partial charge in [0, 0.05) is 5.69 Å². The number of carbonyl (C=O) groups is 1. The Hall–Kier alpha value is -3.27. The van der Waals surface area contributed by atoms with Crippen molar-refractivity contribution >= 4 is 35.5 Å². The molecule has 0 spiro atoms. The van der Waals surface area contributed by atoms with Crippen LogP contribution in [0.3, 0.4) is 0 Å². The molecule has 0 bridgehead atoms. The van der Waals surface area contributed by atoms with Crippen LogP contribution in [0.15, 0.2) is 51.1 Å². The summed E-state index contributed by atoms with van der Waals surface area (Å²) in [6.45, 7) is 6.18. The zero-order chi connectivity index (χ0) is 21.5. The Morgan fingerprint density at radius 3 is 2.73 bits per heavy atom. The molecule has 1 amide bonds. The summed E-state index contributed by atoms with van der Waals surface area (Å²) in [4.78, 5) is 12.2. The maximum absolute atomic E-state index is 12.2. The summed E-state index contributed by atoms with van der Waals surface area (Å²) in [6, 6.07) is 11.5. The highest BCUT2D eigenvalue weighted by atomic mass is 32.2. The van der Waals surface area contributed by atoms with Gasteiger partial charge in [-0.2, -0.15) is 5.10 Å². The number of thioether (sulfide) groups is 1. The van der Waals surface area contributed by atoms with Gasteiger partial charge in [-0.1, -0.05) is 37.7 Å². The molecule has 10 heteroatoms. The van der Waals surface area contributed by atoms with Gasteiger partial charge in [-0.3, -0.25) is 4.79 Å². The predicted octanol–water partition coefficient (Wildman–Crippen LogP) is 3.58. The lowest BCUT2D eigenvalue weighted by Crippen LogP contribution is -2.16. The largest absolute Gasteiger partial charge is 0.460 e. The van der Waals surface area contributed by atoms with E-state index in [9.17, 15) is 4.79 Å². The van der Waals surface area contributed by atoms with Crippen molar-refractivity contribution < 1.29 is 9.21 Å². The number of hydrazone groups is 1. The molecule has 3 rings (SSSR count). The Morgan fingerprint density at radius 2 is 2.07 bits per heavy atom. The van der Waals surface area contributed by atoms with Gasteiger partial charge in [0.1, 0.15) is 11.5 Å². The number of anilines is 2. The molecule has 0 aliphatic carbocycles. The number of nitrogen functional groups attached to an aromatic ring is 1. The molecule has 0 radical (unpaired) electrons. The summed E-state index contributed by atoms with van der Waals surface area (Å²) in [5.41, 5.74) is 4.71. The molecule has 1 unspecified atom stereocenters. The second-order valence-corrected chi connectivity index (χ2v) is 7.71. The van der Waals surface area contributed by atoms with Crippen LogP contribution < -0.4 is 16.6 Å². The number of amides is 1. The standard InChI is InChI=1S/C20H25N7O2S/c1-4-13(2)15-6-8-16(9-7-15)23-18(28)12-30-20-26-25-19(27(20)21)24-22-11-17-10-5-14(3)29-17/h5-11,13H,4,12,21H2,1-3H3,(H,23,28)(H,24,25)/b22-11+. The zero-order valence-corrected chi connectivity index (χ0v) is 17.9.